The third kappa shape index (κ3) is 5.09. The Hall–Kier alpha value is -1.26. The van der Waals surface area contributed by atoms with E-state index in [4.69, 9.17) is 21.1 Å². The maximum atomic E-state index is 11.7. The number of carbonyl (C=O) groups is 1. The third-order valence-corrected chi connectivity index (χ3v) is 3.12. The normalized spacial score (nSPS) is 12.0. The van der Waals surface area contributed by atoms with Gasteiger partial charge >= 0.3 is 0 Å². The fourth-order valence-electron chi connectivity index (χ4n) is 1.57. The second-order valence-corrected chi connectivity index (χ2v) is 4.68. The molecular weight excluding hydrogens is 266 g/mol. The van der Waals surface area contributed by atoms with Crippen LogP contribution >= 0.6 is 11.6 Å². The highest BCUT2D eigenvalue weighted by Gasteiger charge is 2.15. The van der Waals surface area contributed by atoms with Crippen LogP contribution in [0.2, 0.25) is 5.02 Å². The number of methoxy groups -OCH3 is 1. The Morgan fingerprint density at radius 2 is 2.11 bits per heavy atom. The van der Waals surface area contributed by atoms with Crippen molar-refractivity contribution in [2.75, 3.05) is 27.3 Å². The summed E-state index contributed by atoms with van der Waals surface area (Å²) >= 11 is 5.97. The molecule has 1 aromatic carbocycles. The number of nitrogens with zero attached hydrogens (tertiary/aromatic N) is 1. The molecule has 0 aliphatic carbocycles. The molecule has 1 rings (SSSR count). The van der Waals surface area contributed by atoms with Gasteiger partial charge in [-0.15, -0.1) is 0 Å². The standard InChI is InChI=1S/C14H20ClNO3/c1-11(18-3)14(17)16(2)9-6-10-19-13-8-5-4-7-12(13)15/h4-5,7-8,11H,6,9-10H2,1-3H3. The summed E-state index contributed by atoms with van der Waals surface area (Å²) in [6.45, 7) is 2.87. The fraction of sp³-hybridized carbons (Fsp3) is 0.500. The van der Waals surface area contributed by atoms with Gasteiger partial charge in [-0.2, -0.15) is 0 Å². The zero-order valence-electron chi connectivity index (χ0n) is 11.6. The quantitative estimate of drug-likeness (QED) is 0.723. The summed E-state index contributed by atoms with van der Waals surface area (Å²) in [5.41, 5.74) is 0. The van der Waals surface area contributed by atoms with Crippen molar-refractivity contribution < 1.29 is 14.3 Å². The van der Waals surface area contributed by atoms with Crippen LogP contribution in [0.1, 0.15) is 13.3 Å². The van der Waals surface area contributed by atoms with Crippen molar-refractivity contribution in [2.24, 2.45) is 0 Å². The molecule has 19 heavy (non-hydrogen) atoms. The molecule has 5 heteroatoms. The highest BCUT2D eigenvalue weighted by Crippen LogP contribution is 2.23. The van der Waals surface area contributed by atoms with Gasteiger partial charge in [-0.1, -0.05) is 23.7 Å². The van der Waals surface area contributed by atoms with Gasteiger partial charge in [0.1, 0.15) is 11.9 Å². The molecule has 0 saturated carbocycles. The van der Waals surface area contributed by atoms with Crippen molar-refractivity contribution in [3.8, 4) is 5.75 Å². The van der Waals surface area contributed by atoms with Gasteiger partial charge in [0.25, 0.3) is 5.91 Å². The number of para-hydroxylation sites is 1. The van der Waals surface area contributed by atoms with Crippen LogP contribution in [0.25, 0.3) is 0 Å². The van der Waals surface area contributed by atoms with Gasteiger partial charge in [0, 0.05) is 20.7 Å². The first-order valence-electron chi connectivity index (χ1n) is 6.21. The number of ether oxygens (including phenoxy) is 2. The minimum Gasteiger partial charge on any atom is -0.492 e. The number of hydrogen-bond donors (Lipinski definition) is 0. The summed E-state index contributed by atoms with van der Waals surface area (Å²) in [6.07, 6.45) is 0.332. The van der Waals surface area contributed by atoms with Crippen molar-refractivity contribution in [3.63, 3.8) is 0 Å². The molecule has 0 spiro atoms. The van der Waals surface area contributed by atoms with Gasteiger partial charge in [-0.3, -0.25) is 4.79 Å². The molecule has 4 nitrogen and oxygen atoms in total. The lowest BCUT2D eigenvalue weighted by atomic mass is 10.3. The number of hydrogen-bond acceptors (Lipinski definition) is 3. The molecule has 0 fully saturated rings. The van der Waals surface area contributed by atoms with E-state index < -0.39 is 6.10 Å². The van der Waals surface area contributed by atoms with Crippen LogP contribution in [0.15, 0.2) is 24.3 Å². The van der Waals surface area contributed by atoms with E-state index in [1.165, 1.54) is 7.11 Å². The van der Waals surface area contributed by atoms with Gasteiger partial charge in [-0.05, 0) is 25.5 Å². The molecule has 0 radical (unpaired) electrons. The lowest BCUT2D eigenvalue weighted by molar-refractivity contribution is -0.139. The highest BCUT2D eigenvalue weighted by atomic mass is 35.5. The summed E-state index contributed by atoms with van der Waals surface area (Å²) in [5, 5.41) is 0.597. The molecule has 0 aromatic heterocycles. The molecule has 0 aliphatic rings. The predicted octanol–water partition coefficient (Wildman–Crippen LogP) is 2.60. The largest absolute Gasteiger partial charge is 0.492 e. The average molecular weight is 286 g/mol. The fourth-order valence-corrected chi connectivity index (χ4v) is 1.76. The number of amides is 1. The Morgan fingerprint density at radius 1 is 1.42 bits per heavy atom. The maximum Gasteiger partial charge on any atom is 0.251 e. The van der Waals surface area contributed by atoms with E-state index in [0.717, 1.165) is 6.42 Å². The van der Waals surface area contributed by atoms with Gasteiger partial charge < -0.3 is 14.4 Å². The molecular formula is C14H20ClNO3. The van der Waals surface area contributed by atoms with Crippen LogP contribution in [0, 0.1) is 0 Å². The van der Waals surface area contributed by atoms with Crippen LogP contribution in [-0.2, 0) is 9.53 Å². The zero-order valence-corrected chi connectivity index (χ0v) is 12.3. The summed E-state index contributed by atoms with van der Waals surface area (Å²) in [4.78, 5) is 13.4. The molecule has 1 aromatic rings. The lowest BCUT2D eigenvalue weighted by Gasteiger charge is -2.20. The number of rotatable bonds is 7. The van der Waals surface area contributed by atoms with Crippen molar-refractivity contribution in [3.05, 3.63) is 29.3 Å². The van der Waals surface area contributed by atoms with E-state index >= 15 is 0 Å². The average Bonchev–Trinajstić information content (AvgIpc) is 2.43. The minimum absolute atomic E-state index is 0.0276. The smallest absolute Gasteiger partial charge is 0.251 e. The maximum absolute atomic E-state index is 11.7. The molecule has 1 unspecified atom stereocenters. The summed E-state index contributed by atoms with van der Waals surface area (Å²) in [7, 11) is 3.28. The Labute approximate surface area is 119 Å². The number of halogens is 1. The van der Waals surface area contributed by atoms with Crippen LogP contribution in [0.3, 0.4) is 0 Å². The van der Waals surface area contributed by atoms with E-state index in [0.29, 0.717) is 23.9 Å². The second-order valence-electron chi connectivity index (χ2n) is 4.27. The van der Waals surface area contributed by atoms with E-state index in [2.05, 4.69) is 0 Å². The Balaban J connectivity index is 2.28. The second kappa shape index (κ2) is 8.02. The molecule has 0 saturated heterocycles. The molecule has 0 N–H and O–H groups in total. The van der Waals surface area contributed by atoms with E-state index in [9.17, 15) is 4.79 Å². The molecule has 106 valence electrons. The van der Waals surface area contributed by atoms with E-state index in [-0.39, 0.29) is 5.91 Å². The lowest BCUT2D eigenvalue weighted by Crippen LogP contribution is -2.36. The minimum atomic E-state index is -0.408. The molecule has 0 heterocycles. The Bertz CT molecular complexity index is 411. The first kappa shape index (κ1) is 15.8. The molecule has 1 amide bonds. The Morgan fingerprint density at radius 3 is 2.74 bits per heavy atom. The van der Waals surface area contributed by atoms with Crippen molar-refractivity contribution in [1.29, 1.82) is 0 Å². The predicted molar refractivity (Wildman–Crippen MR) is 75.7 cm³/mol. The monoisotopic (exact) mass is 285 g/mol. The SMILES string of the molecule is COC(C)C(=O)N(C)CCCOc1ccccc1Cl. The first-order chi connectivity index (χ1) is 9.06. The zero-order chi connectivity index (χ0) is 14.3. The van der Waals surface area contributed by atoms with Crippen LogP contribution in [0.4, 0.5) is 0 Å². The van der Waals surface area contributed by atoms with E-state index in [1.807, 2.05) is 18.2 Å². The van der Waals surface area contributed by atoms with Gasteiger partial charge in [0.2, 0.25) is 0 Å². The summed E-state index contributed by atoms with van der Waals surface area (Å²) in [5.74, 6) is 0.642. The number of likely N-dealkylation sites (N-methyl/N-ethyl adjacent to an activating group) is 1. The van der Waals surface area contributed by atoms with Crippen molar-refractivity contribution in [2.45, 2.75) is 19.4 Å². The third-order valence-electron chi connectivity index (χ3n) is 2.81. The topological polar surface area (TPSA) is 38.8 Å². The molecule has 1 atom stereocenters. The van der Waals surface area contributed by atoms with E-state index in [1.54, 1.807) is 24.9 Å². The summed E-state index contributed by atoms with van der Waals surface area (Å²) < 4.78 is 10.5. The first-order valence-corrected chi connectivity index (χ1v) is 6.59. The van der Waals surface area contributed by atoms with Crippen LogP contribution in [-0.4, -0.2) is 44.2 Å². The number of benzene rings is 1. The Kier molecular flexibility index (Phi) is 6.67. The molecule has 0 bridgehead atoms. The summed E-state index contributed by atoms with van der Waals surface area (Å²) in [6, 6.07) is 7.34. The highest BCUT2D eigenvalue weighted by molar-refractivity contribution is 6.32. The van der Waals surface area contributed by atoms with Crippen molar-refractivity contribution >= 4 is 17.5 Å². The van der Waals surface area contributed by atoms with Crippen LogP contribution < -0.4 is 4.74 Å². The molecule has 0 aliphatic heterocycles. The van der Waals surface area contributed by atoms with Crippen LogP contribution in [0.5, 0.6) is 5.75 Å². The van der Waals surface area contributed by atoms with Gasteiger partial charge in [0.15, 0.2) is 0 Å². The van der Waals surface area contributed by atoms with Gasteiger partial charge in [-0.25, -0.2) is 0 Å². The number of carbonyl (C=O) groups excluding carboxylic acids is 1. The van der Waals surface area contributed by atoms with Gasteiger partial charge in [0.05, 0.1) is 11.6 Å². The van der Waals surface area contributed by atoms with Crippen molar-refractivity contribution in [1.82, 2.24) is 4.90 Å².